The van der Waals surface area contributed by atoms with Crippen molar-refractivity contribution in [3.05, 3.63) is 54.1 Å². The first-order valence-corrected chi connectivity index (χ1v) is 11.2. The molecule has 0 spiro atoms. The van der Waals surface area contributed by atoms with E-state index in [1.807, 2.05) is 30.0 Å². The maximum Gasteiger partial charge on any atom is 0.236 e. The van der Waals surface area contributed by atoms with E-state index < -0.39 is 9.84 Å². The van der Waals surface area contributed by atoms with Crippen LogP contribution in [0.2, 0.25) is 0 Å². The second-order valence-electron chi connectivity index (χ2n) is 7.23. The third kappa shape index (κ3) is 3.87. The van der Waals surface area contributed by atoms with E-state index in [0.29, 0.717) is 17.2 Å². The Labute approximate surface area is 171 Å². The summed E-state index contributed by atoms with van der Waals surface area (Å²) in [7, 11) is -2.23. The zero-order valence-corrected chi connectivity index (χ0v) is 17.4. The average molecular weight is 413 g/mol. The fourth-order valence-electron chi connectivity index (χ4n) is 3.48. The van der Waals surface area contributed by atoms with E-state index in [-0.39, 0.29) is 15.8 Å². The van der Waals surface area contributed by atoms with Crippen LogP contribution < -0.4 is 9.64 Å². The van der Waals surface area contributed by atoms with Crippen LogP contribution in [0, 0.1) is 6.92 Å². The molecule has 0 radical (unpaired) electrons. The van der Waals surface area contributed by atoms with Crippen LogP contribution in [0.4, 0.5) is 5.88 Å². The van der Waals surface area contributed by atoms with Crippen molar-refractivity contribution in [2.24, 2.45) is 0 Å². The number of aromatic nitrogens is 1. The van der Waals surface area contributed by atoms with Crippen LogP contribution in [-0.2, 0) is 9.84 Å². The molecule has 2 aromatic carbocycles. The molecule has 0 N–H and O–H groups in total. The molecule has 1 aliphatic rings. The minimum absolute atomic E-state index is 0.0268. The highest BCUT2D eigenvalue weighted by Crippen LogP contribution is 2.36. The Bertz CT molecular complexity index is 1100. The molecule has 2 heterocycles. The van der Waals surface area contributed by atoms with Crippen molar-refractivity contribution < 1.29 is 17.6 Å². The average Bonchev–Trinajstić information content (AvgIpc) is 3.21. The molecule has 6 nitrogen and oxygen atoms in total. The molecule has 1 saturated heterocycles. The van der Waals surface area contributed by atoms with Crippen LogP contribution in [0.15, 0.2) is 62.9 Å². The van der Waals surface area contributed by atoms with Gasteiger partial charge >= 0.3 is 0 Å². The summed E-state index contributed by atoms with van der Waals surface area (Å²) in [6.45, 7) is 3.43. The van der Waals surface area contributed by atoms with E-state index in [2.05, 4.69) is 4.98 Å². The minimum Gasteiger partial charge on any atom is -0.497 e. The summed E-state index contributed by atoms with van der Waals surface area (Å²) in [6.07, 6.45) is 3.13. The topological polar surface area (TPSA) is 72.6 Å². The van der Waals surface area contributed by atoms with Crippen LogP contribution in [-0.4, -0.2) is 33.6 Å². The van der Waals surface area contributed by atoms with Gasteiger partial charge in [0.05, 0.1) is 12.0 Å². The van der Waals surface area contributed by atoms with Gasteiger partial charge in [0.15, 0.2) is 0 Å². The summed E-state index contributed by atoms with van der Waals surface area (Å²) in [4.78, 5) is 6.65. The molecule has 152 valence electrons. The number of oxazole rings is 1. The molecule has 0 bridgehead atoms. The summed E-state index contributed by atoms with van der Waals surface area (Å²) in [6, 6.07) is 14.1. The van der Waals surface area contributed by atoms with Gasteiger partial charge in [-0.15, -0.1) is 0 Å². The van der Waals surface area contributed by atoms with E-state index in [0.717, 1.165) is 37.9 Å². The highest BCUT2D eigenvalue weighted by molar-refractivity contribution is 7.91. The Morgan fingerprint density at radius 1 is 1.03 bits per heavy atom. The lowest BCUT2D eigenvalue weighted by Crippen LogP contribution is -2.30. The van der Waals surface area contributed by atoms with Gasteiger partial charge in [-0.2, -0.15) is 4.98 Å². The Kier molecular flexibility index (Phi) is 5.32. The Morgan fingerprint density at radius 3 is 2.45 bits per heavy atom. The van der Waals surface area contributed by atoms with Gasteiger partial charge in [-0.25, -0.2) is 8.42 Å². The molecule has 0 atom stereocenters. The highest BCUT2D eigenvalue weighted by atomic mass is 32.2. The van der Waals surface area contributed by atoms with Gasteiger partial charge < -0.3 is 14.1 Å². The fraction of sp³-hybridized carbons (Fsp3) is 0.318. The number of piperidine rings is 1. The van der Waals surface area contributed by atoms with Crippen molar-refractivity contribution in [3.63, 3.8) is 0 Å². The highest BCUT2D eigenvalue weighted by Gasteiger charge is 2.32. The van der Waals surface area contributed by atoms with Gasteiger partial charge in [0.2, 0.25) is 26.6 Å². The largest absolute Gasteiger partial charge is 0.497 e. The summed E-state index contributed by atoms with van der Waals surface area (Å²) < 4.78 is 38.1. The SMILES string of the molecule is COc1cccc(-c2nc(S(=O)(=O)c3ccc(C)cc3)c(N3CCCCC3)o2)c1. The van der Waals surface area contributed by atoms with Crippen LogP contribution in [0.5, 0.6) is 5.75 Å². The molecule has 0 amide bonds. The van der Waals surface area contributed by atoms with Crippen molar-refractivity contribution in [2.45, 2.75) is 36.1 Å². The van der Waals surface area contributed by atoms with Crippen molar-refractivity contribution >= 4 is 15.7 Å². The number of rotatable bonds is 5. The molecular formula is C22H24N2O4S. The Morgan fingerprint density at radius 2 is 1.76 bits per heavy atom. The van der Waals surface area contributed by atoms with Crippen LogP contribution in [0.25, 0.3) is 11.5 Å². The predicted molar refractivity (Wildman–Crippen MR) is 111 cm³/mol. The van der Waals surface area contributed by atoms with E-state index in [1.165, 1.54) is 0 Å². The zero-order valence-electron chi connectivity index (χ0n) is 16.6. The zero-order chi connectivity index (χ0) is 20.4. The number of hydrogen-bond donors (Lipinski definition) is 0. The fourth-order valence-corrected chi connectivity index (χ4v) is 4.80. The van der Waals surface area contributed by atoms with Crippen LogP contribution in [0.1, 0.15) is 24.8 Å². The van der Waals surface area contributed by atoms with Crippen LogP contribution >= 0.6 is 0 Å². The molecular weight excluding hydrogens is 388 g/mol. The van der Waals surface area contributed by atoms with E-state index in [1.54, 1.807) is 37.4 Å². The van der Waals surface area contributed by atoms with Crippen molar-refractivity contribution in [1.29, 1.82) is 0 Å². The number of benzene rings is 2. The van der Waals surface area contributed by atoms with Crippen molar-refractivity contribution in [2.75, 3.05) is 25.1 Å². The van der Waals surface area contributed by atoms with Crippen LogP contribution in [0.3, 0.4) is 0 Å². The van der Waals surface area contributed by atoms with Crippen molar-refractivity contribution in [1.82, 2.24) is 4.98 Å². The molecule has 7 heteroatoms. The number of methoxy groups -OCH3 is 1. The van der Waals surface area contributed by atoms with E-state index in [9.17, 15) is 8.42 Å². The Balaban J connectivity index is 1.84. The monoisotopic (exact) mass is 412 g/mol. The number of ether oxygens (including phenoxy) is 1. The molecule has 0 unspecified atom stereocenters. The minimum atomic E-state index is -3.82. The lowest BCUT2D eigenvalue weighted by atomic mass is 10.1. The molecule has 1 aromatic heterocycles. The predicted octanol–water partition coefficient (Wildman–Crippen LogP) is 4.48. The normalized spacial score (nSPS) is 14.8. The molecule has 0 aliphatic carbocycles. The van der Waals surface area contributed by atoms with Gasteiger partial charge in [-0.05, 0) is 56.5 Å². The van der Waals surface area contributed by atoms with Gasteiger partial charge in [0.1, 0.15) is 5.75 Å². The molecule has 29 heavy (non-hydrogen) atoms. The maximum atomic E-state index is 13.4. The number of aryl methyl sites for hydroxylation is 1. The molecule has 1 aliphatic heterocycles. The summed E-state index contributed by atoms with van der Waals surface area (Å²) in [5, 5.41) is -0.0268. The molecule has 1 fully saturated rings. The Hall–Kier alpha value is -2.80. The third-order valence-corrected chi connectivity index (χ3v) is 6.79. The lowest BCUT2D eigenvalue weighted by Gasteiger charge is -2.26. The number of hydrogen-bond acceptors (Lipinski definition) is 6. The number of anilines is 1. The van der Waals surface area contributed by atoms with Gasteiger partial charge in [0, 0.05) is 18.7 Å². The summed E-state index contributed by atoms with van der Waals surface area (Å²) in [5.74, 6) is 1.25. The standard InChI is InChI=1S/C22H24N2O4S/c1-16-9-11-19(12-10-16)29(25,26)21-22(24-13-4-3-5-14-24)28-20(23-21)17-7-6-8-18(15-17)27-2/h6-12,15H,3-5,13-14H2,1-2H3. The maximum absolute atomic E-state index is 13.4. The summed E-state index contributed by atoms with van der Waals surface area (Å²) in [5.41, 5.74) is 1.67. The van der Waals surface area contributed by atoms with E-state index in [4.69, 9.17) is 9.15 Å². The summed E-state index contributed by atoms with van der Waals surface area (Å²) >= 11 is 0. The van der Waals surface area contributed by atoms with Gasteiger partial charge in [-0.3, -0.25) is 0 Å². The second-order valence-corrected chi connectivity index (χ2v) is 9.09. The molecule has 4 rings (SSSR count). The molecule has 0 saturated carbocycles. The third-order valence-electron chi connectivity index (χ3n) is 5.13. The molecule has 3 aromatic rings. The number of nitrogens with zero attached hydrogens (tertiary/aromatic N) is 2. The smallest absolute Gasteiger partial charge is 0.236 e. The first kappa shape index (κ1) is 19.5. The lowest BCUT2D eigenvalue weighted by molar-refractivity contribution is 0.414. The number of sulfone groups is 1. The van der Waals surface area contributed by atoms with Gasteiger partial charge in [-0.1, -0.05) is 23.8 Å². The van der Waals surface area contributed by atoms with Crippen molar-refractivity contribution in [3.8, 4) is 17.2 Å². The van der Waals surface area contributed by atoms with Gasteiger partial charge in [0.25, 0.3) is 0 Å². The quantitative estimate of drug-likeness (QED) is 0.615. The first-order chi connectivity index (χ1) is 14.0. The first-order valence-electron chi connectivity index (χ1n) is 9.71. The second kappa shape index (κ2) is 7.91. The van der Waals surface area contributed by atoms with E-state index >= 15 is 0 Å².